The van der Waals surface area contributed by atoms with Crippen LogP contribution in [0.3, 0.4) is 0 Å². The molecular weight excluding hydrogens is 310 g/mol. The van der Waals surface area contributed by atoms with Gasteiger partial charge in [-0.2, -0.15) is 0 Å². The Morgan fingerprint density at radius 1 is 1.17 bits per heavy atom. The van der Waals surface area contributed by atoms with Crippen LogP contribution in [0.4, 0.5) is 4.79 Å². The molecule has 1 fully saturated rings. The van der Waals surface area contributed by atoms with Crippen LogP contribution in [0.5, 0.6) is 0 Å². The van der Waals surface area contributed by atoms with Crippen LogP contribution in [0.15, 0.2) is 0 Å². The molecule has 6 heteroatoms. The highest BCUT2D eigenvalue weighted by molar-refractivity contribution is 6.74. The summed E-state index contributed by atoms with van der Waals surface area (Å²) in [6, 6.07) is 0. The minimum atomic E-state index is -1.81. The highest BCUT2D eigenvalue weighted by Gasteiger charge is 2.39. The summed E-state index contributed by atoms with van der Waals surface area (Å²) in [5.74, 6) is 0.153. The lowest BCUT2D eigenvalue weighted by Crippen LogP contribution is -2.50. The number of rotatable bonds is 3. The number of ether oxygens (including phenoxy) is 1. The van der Waals surface area contributed by atoms with E-state index in [1.807, 2.05) is 20.8 Å². The van der Waals surface area contributed by atoms with Gasteiger partial charge in [-0.15, -0.1) is 0 Å². The van der Waals surface area contributed by atoms with Crippen molar-refractivity contribution in [1.82, 2.24) is 4.90 Å². The molecule has 5 nitrogen and oxygen atoms in total. The van der Waals surface area contributed by atoms with Gasteiger partial charge >= 0.3 is 6.09 Å². The first-order valence-corrected chi connectivity index (χ1v) is 11.4. The molecule has 0 aromatic carbocycles. The van der Waals surface area contributed by atoms with Crippen molar-refractivity contribution >= 4 is 14.4 Å². The fraction of sp³-hybridized carbons (Fsp3) is 0.941. The van der Waals surface area contributed by atoms with Gasteiger partial charge in [0.1, 0.15) is 5.60 Å². The largest absolute Gasteiger partial charge is 0.444 e. The van der Waals surface area contributed by atoms with Gasteiger partial charge in [0.2, 0.25) is 0 Å². The predicted octanol–water partition coefficient (Wildman–Crippen LogP) is 3.63. The van der Waals surface area contributed by atoms with Crippen LogP contribution in [-0.2, 0) is 9.16 Å². The molecule has 1 saturated heterocycles. The Labute approximate surface area is 142 Å². The van der Waals surface area contributed by atoms with Gasteiger partial charge in [-0.25, -0.2) is 4.79 Å². The number of hydrogen-bond donors (Lipinski definition) is 1. The molecule has 2 atom stereocenters. The maximum atomic E-state index is 12.2. The second kappa shape index (κ2) is 7.11. The third kappa shape index (κ3) is 6.43. The number of carbonyl (C=O) groups is 1. The Kier molecular flexibility index (Phi) is 6.32. The van der Waals surface area contributed by atoms with Crippen molar-refractivity contribution in [1.29, 1.82) is 0 Å². The van der Waals surface area contributed by atoms with Gasteiger partial charge in [-0.1, -0.05) is 20.8 Å². The van der Waals surface area contributed by atoms with Crippen LogP contribution in [0, 0.1) is 5.92 Å². The number of amides is 1. The molecule has 1 amide bonds. The molecule has 1 rings (SSSR count). The Morgan fingerprint density at radius 3 is 2.22 bits per heavy atom. The third-order valence-corrected chi connectivity index (χ3v) is 9.15. The maximum absolute atomic E-state index is 12.2. The molecule has 136 valence electrons. The van der Waals surface area contributed by atoms with Gasteiger partial charge in [-0.05, 0) is 45.3 Å². The molecule has 0 aliphatic carbocycles. The molecule has 0 aromatic rings. The van der Waals surface area contributed by atoms with Crippen molar-refractivity contribution in [3.63, 3.8) is 0 Å². The first kappa shape index (κ1) is 20.5. The average Bonchev–Trinajstić information content (AvgIpc) is 2.32. The van der Waals surface area contributed by atoms with E-state index in [9.17, 15) is 9.90 Å². The Hall–Kier alpha value is -0.593. The van der Waals surface area contributed by atoms with Crippen LogP contribution in [0.2, 0.25) is 18.1 Å². The molecule has 0 spiro atoms. The van der Waals surface area contributed by atoms with Gasteiger partial charge < -0.3 is 19.2 Å². The number of likely N-dealkylation sites (tertiary alicyclic amines) is 1. The quantitative estimate of drug-likeness (QED) is 0.794. The molecule has 23 heavy (non-hydrogen) atoms. The summed E-state index contributed by atoms with van der Waals surface area (Å²) in [6.45, 7) is 18.1. The van der Waals surface area contributed by atoms with Crippen LogP contribution in [0.1, 0.15) is 48.0 Å². The van der Waals surface area contributed by atoms with E-state index in [4.69, 9.17) is 9.16 Å². The molecule has 0 saturated carbocycles. The van der Waals surface area contributed by atoms with Gasteiger partial charge in [0.25, 0.3) is 0 Å². The fourth-order valence-electron chi connectivity index (χ4n) is 2.31. The first-order chi connectivity index (χ1) is 10.2. The molecular formula is C17H35NO4Si. The zero-order chi connectivity index (χ0) is 18.1. The first-order valence-electron chi connectivity index (χ1n) is 8.51. The second-order valence-electron chi connectivity index (χ2n) is 9.21. The molecule has 1 aliphatic heterocycles. The molecule has 0 radical (unpaired) electrons. The lowest BCUT2D eigenvalue weighted by atomic mass is 9.97. The predicted molar refractivity (Wildman–Crippen MR) is 95.1 cm³/mol. The molecule has 1 heterocycles. The van der Waals surface area contributed by atoms with Crippen LogP contribution >= 0.6 is 0 Å². The Balaban J connectivity index is 2.63. The number of β-amino-alcohol motifs (C(OH)–C–C–N with tert-alkyl or cyclic N) is 1. The van der Waals surface area contributed by atoms with Crippen LogP contribution < -0.4 is 0 Å². The summed E-state index contributed by atoms with van der Waals surface area (Å²) in [5.41, 5.74) is -0.521. The van der Waals surface area contributed by atoms with Gasteiger partial charge in [0, 0.05) is 25.6 Å². The smallest absolute Gasteiger partial charge is 0.410 e. The minimum absolute atomic E-state index is 0.153. The number of aliphatic hydroxyl groups is 1. The van der Waals surface area contributed by atoms with E-state index in [-0.39, 0.29) is 17.0 Å². The van der Waals surface area contributed by atoms with E-state index in [1.165, 1.54) is 0 Å². The van der Waals surface area contributed by atoms with Crippen molar-refractivity contribution < 1.29 is 19.1 Å². The normalized spacial score (nSPS) is 23.8. The number of nitrogens with zero attached hydrogens (tertiary/aromatic N) is 1. The highest BCUT2D eigenvalue weighted by Crippen LogP contribution is 2.37. The fourth-order valence-corrected chi connectivity index (χ4v) is 3.40. The Morgan fingerprint density at radius 2 is 1.74 bits per heavy atom. The summed E-state index contributed by atoms with van der Waals surface area (Å²) in [4.78, 5) is 13.8. The lowest BCUT2D eigenvalue weighted by Gasteiger charge is -2.40. The Bertz CT molecular complexity index is 412. The summed E-state index contributed by atoms with van der Waals surface area (Å²) >= 11 is 0. The zero-order valence-electron chi connectivity index (χ0n) is 16.1. The molecule has 0 aromatic heterocycles. The van der Waals surface area contributed by atoms with E-state index in [0.717, 1.165) is 0 Å². The van der Waals surface area contributed by atoms with E-state index in [0.29, 0.717) is 26.1 Å². The van der Waals surface area contributed by atoms with E-state index in [2.05, 4.69) is 33.9 Å². The van der Waals surface area contributed by atoms with E-state index >= 15 is 0 Å². The highest BCUT2D eigenvalue weighted by atomic mass is 28.4. The molecule has 0 unspecified atom stereocenters. The monoisotopic (exact) mass is 345 g/mol. The number of piperidine rings is 1. The average molecular weight is 346 g/mol. The van der Waals surface area contributed by atoms with Crippen molar-refractivity contribution in [3.8, 4) is 0 Å². The minimum Gasteiger partial charge on any atom is -0.444 e. The molecule has 1 N–H and O–H groups in total. The SMILES string of the molecule is CC(C)(C)OC(=O)N1C[C@H](O)C[C@@H](CO[Si](C)(C)C(C)(C)C)C1. The van der Waals surface area contributed by atoms with E-state index < -0.39 is 20.0 Å². The van der Waals surface area contributed by atoms with Crippen molar-refractivity contribution in [2.75, 3.05) is 19.7 Å². The second-order valence-corrected chi connectivity index (χ2v) is 14.0. The summed E-state index contributed by atoms with van der Waals surface area (Å²) in [6.07, 6.45) is -0.189. The van der Waals surface area contributed by atoms with Crippen molar-refractivity contribution in [2.45, 2.75) is 77.8 Å². The van der Waals surface area contributed by atoms with Gasteiger partial charge in [-0.3, -0.25) is 0 Å². The van der Waals surface area contributed by atoms with E-state index in [1.54, 1.807) is 4.90 Å². The number of hydrogen-bond acceptors (Lipinski definition) is 4. The number of carbonyl (C=O) groups excluding carboxylic acids is 1. The molecule has 1 aliphatic rings. The zero-order valence-corrected chi connectivity index (χ0v) is 17.1. The standard InChI is InChI=1S/C17H35NO4Si/c1-16(2,3)22-15(20)18-10-13(9-14(19)11-18)12-21-23(7,8)17(4,5)6/h13-14,19H,9-12H2,1-8H3/t13-,14-/m1/s1. The third-order valence-electron chi connectivity index (χ3n) is 4.65. The van der Waals surface area contributed by atoms with Crippen molar-refractivity contribution in [3.05, 3.63) is 0 Å². The summed E-state index contributed by atoms with van der Waals surface area (Å²) in [5, 5.41) is 10.3. The van der Waals surface area contributed by atoms with Crippen LogP contribution in [-0.4, -0.2) is 55.8 Å². The topological polar surface area (TPSA) is 59.0 Å². The van der Waals surface area contributed by atoms with Gasteiger partial charge in [0.15, 0.2) is 8.32 Å². The number of aliphatic hydroxyl groups excluding tert-OH is 1. The van der Waals surface area contributed by atoms with Gasteiger partial charge in [0.05, 0.1) is 6.10 Å². The van der Waals surface area contributed by atoms with Crippen LogP contribution in [0.25, 0.3) is 0 Å². The summed E-state index contributed by atoms with van der Waals surface area (Å²) < 4.78 is 11.7. The van der Waals surface area contributed by atoms with Crippen molar-refractivity contribution in [2.24, 2.45) is 5.92 Å². The summed E-state index contributed by atoms with van der Waals surface area (Å²) in [7, 11) is -1.81. The molecule has 0 bridgehead atoms. The lowest BCUT2D eigenvalue weighted by molar-refractivity contribution is -0.0132. The maximum Gasteiger partial charge on any atom is 0.410 e.